The van der Waals surface area contributed by atoms with Gasteiger partial charge in [-0.2, -0.15) is 0 Å². The molecule has 0 radical (unpaired) electrons. The number of esters is 1. The van der Waals surface area contributed by atoms with E-state index in [1.54, 1.807) is 30.2 Å². The summed E-state index contributed by atoms with van der Waals surface area (Å²) in [4.78, 5) is 39.7. The van der Waals surface area contributed by atoms with Crippen LogP contribution in [0.5, 0.6) is 11.5 Å². The zero-order valence-corrected chi connectivity index (χ0v) is 18.0. The fourth-order valence-corrected chi connectivity index (χ4v) is 4.29. The van der Waals surface area contributed by atoms with Crippen LogP contribution >= 0.6 is 0 Å². The van der Waals surface area contributed by atoms with Crippen molar-refractivity contribution in [2.75, 3.05) is 32.8 Å². The van der Waals surface area contributed by atoms with Gasteiger partial charge < -0.3 is 24.4 Å². The first kappa shape index (κ1) is 21.9. The standard InChI is InChI=1S/C22H30N2O6/c1-14-7-9-22(10-8-14,21(27)30-4)23-20(26)15-11-19(25)24(13-15)16-5-6-17(28-2)18(12-16)29-3/h5-6,12,14-15H,7-11,13H2,1-4H3,(H,23,26). The first-order chi connectivity index (χ1) is 14.3. The second-order valence-corrected chi connectivity index (χ2v) is 8.19. The molecule has 2 fully saturated rings. The lowest BCUT2D eigenvalue weighted by Crippen LogP contribution is -2.58. The highest BCUT2D eigenvalue weighted by Crippen LogP contribution is 2.36. The Balaban J connectivity index is 1.74. The molecule has 0 aromatic heterocycles. The summed E-state index contributed by atoms with van der Waals surface area (Å²) in [5.74, 6) is 0.201. The Morgan fingerprint density at radius 2 is 1.77 bits per heavy atom. The zero-order valence-electron chi connectivity index (χ0n) is 18.0. The maximum atomic E-state index is 13.0. The predicted octanol–water partition coefficient (Wildman–Crippen LogP) is 2.29. The Hall–Kier alpha value is -2.77. The Bertz CT molecular complexity index is 816. The van der Waals surface area contributed by atoms with Crippen molar-refractivity contribution in [3.63, 3.8) is 0 Å². The minimum Gasteiger partial charge on any atom is -0.493 e. The highest BCUT2D eigenvalue weighted by molar-refractivity contribution is 6.01. The molecule has 1 aromatic rings. The van der Waals surface area contributed by atoms with Crippen LogP contribution in [-0.2, 0) is 19.1 Å². The van der Waals surface area contributed by atoms with Crippen molar-refractivity contribution in [3.8, 4) is 11.5 Å². The van der Waals surface area contributed by atoms with Crippen molar-refractivity contribution >= 4 is 23.5 Å². The molecule has 0 spiro atoms. The van der Waals surface area contributed by atoms with E-state index in [2.05, 4.69) is 12.2 Å². The molecule has 0 bridgehead atoms. The lowest BCUT2D eigenvalue weighted by Gasteiger charge is -2.38. The number of hydrogen-bond acceptors (Lipinski definition) is 6. The van der Waals surface area contributed by atoms with Gasteiger partial charge >= 0.3 is 5.97 Å². The third kappa shape index (κ3) is 4.22. The Labute approximate surface area is 176 Å². The third-order valence-corrected chi connectivity index (χ3v) is 6.24. The largest absolute Gasteiger partial charge is 0.493 e. The minimum atomic E-state index is -1.00. The van der Waals surface area contributed by atoms with Crippen LogP contribution in [0.4, 0.5) is 5.69 Å². The van der Waals surface area contributed by atoms with Crippen LogP contribution in [0.25, 0.3) is 0 Å². The van der Waals surface area contributed by atoms with Crippen molar-refractivity contribution in [3.05, 3.63) is 18.2 Å². The summed E-state index contributed by atoms with van der Waals surface area (Å²) in [6, 6.07) is 5.21. The van der Waals surface area contributed by atoms with Gasteiger partial charge in [0.25, 0.3) is 0 Å². The average molecular weight is 418 g/mol. The molecule has 1 atom stereocenters. The number of methoxy groups -OCH3 is 3. The molecule has 164 valence electrons. The molecular formula is C22H30N2O6. The van der Waals surface area contributed by atoms with E-state index < -0.39 is 17.4 Å². The van der Waals surface area contributed by atoms with Crippen LogP contribution in [0, 0.1) is 11.8 Å². The van der Waals surface area contributed by atoms with Crippen molar-refractivity contribution in [1.29, 1.82) is 0 Å². The van der Waals surface area contributed by atoms with Crippen molar-refractivity contribution in [2.45, 2.75) is 44.6 Å². The van der Waals surface area contributed by atoms with Crippen LogP contribution in [0.15, 0.2) is 18.2 Å². The molecule has 1 aromatic carbocycles. The zero-order chi connectivity index (χ0) is 21.9. The molecule has 8 nitrogen and oxygen atoms in total. The van der Waals surface area contributed by atoms with Gasteiger partial charge in [-0.1, -0.05) is 6.92 Å². The van der Waals surface area contributed by atoms with Gasteiger partial charge in [0.2, 0.25) is 11.8 Å². The van der Waals surface area contributed by atoms with E-state index in [4.69, 9.17) is 14.2 Å². The van der Waals surface area contributed by atoms with E-state index in [1.165, 1.54) is 14.2 Å². The summed E-state index contributed by atoms with van der Waals surface area (Å²) in [7, 11) is 4.41. The lowest BCUT2D eigenvalue weighted by molar-refractivity contribution is -0.153. The molecule has 2 aliphatic rings. The molecular weight excluding hydrogens is 388 g/mol. The first-order valence-electron chi connectivity index (χ1n) is 10.3. The average Bonchev–Trinajstić information content (AvgIpc) is 3.16. The second-order valence-electron chi connectivity index (χ2n) is 8.19. The maximum Gasteiger partial charge on any atom is 0.331 e. The Kier molecular flexibility index (Phi) is 6.53. The van der Waals surface area contributed by atoms with Crippen molar-refractivity contribution in [1.82, 2.24) is 5.32 Å². The fraction of sp³-hybridized carbons (Fsp3) is 0.591. The topological polar surface area (TPSA) is 94.2 Å². The lowest BCUT2D eigenvalue weighted by atomic mass is 9.76. The number of amides is 2. The van der Waals surface area contributed by atoms with Gasteiger partial charge in [0.05, 0.1) is 27.2 Å². The number of carbonyl (C=O) groups excluding carboxylic acids is 3. The van der Waals surface area contributed by atoms with Crippen LogP contribution in [0.3, 0.4) is 0 Å². The monoisotopic (exact) mass is 418 g/mol. The van der Waals surface area contributed by atoms with Gasteiger partial charge in [-0.3, -0.25) is 9.59 Å². The molecule has 1 aliphatic carbocycles. The Morgan fingerprint density at radius 1 is 1.10 bits per heavy atom. The van der Waals surface area contributed by atoms with Crippen molar-refractivity contribution in [2.24, 2.45) is 11.8 Å². The van der Waals surface area contributed by atoms with E-state index in [9.17, 15) is 14.4 Å². The molecule has 8 heteroatoms. The molecule has 1 unspecified atom stereocenters. The van der Waals surface area contributed by atoms with Crippen molar-refractivity contribution < 1.29 is 28.6 Å². The molecule has 1 saturated carbocycles. The van der Waals surface area contributed by atoms with Crippen LogP contribution < -0.4 is 19.7 Å². The highest BCUT2D eigenvalue weighted by atomic mass is 16.5. The molecule has 1 heterocycles. The van der Waals surface area contributed by atoms with E-state index >= 15 is 0 Å². The molecule has 30 heavy (non-hydrogen) atoms. The SMILES string of the molecule is COC(=O)C1(NC(=O)C2CC(=O)N(c3ccc(OC)c(OC)c3)C2)CCC(C)CC1. The van der Waals surface area contributed by atoms with Gasteiger partial charge in [0.15, 0.2) is 11.5 Å². The number of anilines is 1. The third-order valence-electron chi connectivity index (χ3n) is 6.24. The van der Waals surface area contributed by atoms with Gasteiger partial charge in [-0.05, 0) is 43.7 Å². The number of nitrogens with zero attached hydrogens (tertiary/aromatic N) is 1. The highest BCUT2D eigenvalue weighted by Gasteiger charge is 2.46. The Morgan fingerprint density at radius 3 is 2.37 bits per heavy atom. The molecule has 3 rings (SSSR count). The minimum absolute atomic E-state index is 0.0911. The second kappa shape index (κ2) is 8.93. The summed E-state index contributed by atoms with van der Waals surface area (Å²) < 4.78 is 15.5. The number of hydrogen-bond donors (Lipinski definition) is 1. The summed E-state index contributed by atoms with van der Waals surface area (Å²) in [5.41, 5.74) is -0.361. The summed E-state index contributed by atoms with van der Waals surface area (Å²) in [6.07, 6.45) is 2.88. The quantitative estimate of drug-likeness (QED) is 0.713. The molecule has 1 saturated heterocycles. The van der Waals surface area contributed by atoms with Crippen LogP contribution in [-0.4, -0.2) is 51.2 Å². The number of ether oxygens (including phenoxy) is 3. The normalized spacial score (nSPS) is 26.3. The van der Waals surface area contributed by atoms with Gasteiger partial charge in [0, 0.05) is 24.7 Å². The van der Waals surface area contributed by atoms with E-state index in [0.717, 1.165) is 12.8 Å². The van der Waals surface area contributed by atoms with Crippen LogP contribution in [0.2, 0.25) is 0 Å². The number of rotatable bonds is 6. The van der Waals surface area contributed by atoms with Gasteiger partial charge in [-0.15, -0.1) is 0 Å². The number of benzene rings is 1. The molecule has 1 N–H and O–H groups in total. The van der Waals surface area contributed by atoms with Gasteiger partial charge in [0.1, 0.15) is 5.54 Å². The first-order valence-corrected chi connectivity index (χ1v) is 10.3. The summed E-state index contributed by atoms with van der Waals surface area (Å²) in [5, 5.41) is 2.94. The summed E-state index contributed by atoms with van der Waals surface area (Å²) >= 11 is 0. The van der Waals surface area contributed by atoms with E-state index in [-0.39, 0.29) is 24.8 Å². The van der Waals surface area contributed by atoms with Crippen LogP contribution in [0.1, 0.15) is 39.0 Å². The van der Waals surface area contributed by atoms with Gasteiger partial charge in [-0.25, -0.2) is 4.79 Å². The number of nitrogens with one attached hydrogen (secondary N) is 1. The van der Waals surface area contributed by atoms with E-state index in [0.29, 0.717) is 35.9 Å². The molecule has 1 aliphatic heterocycles. The predicted molar refractivity (Wildman–Crippen MR) is 111 cm³/mol. The smallest absolute Gasteiger partial charge is 0.331 e. The summed E-state index contributed by atoms with van der Waals surface area (Å²) in [6.45, 7) is 2.38. The molecule has 2 amide bonds. The number of carbonyl (C=O) groups is 3. The fourth-order valence-electron chi connectivity index (χ4n) is 4.29. The maximum absolute atomic E-state index is 13.0. The van der Waals surface area contributed by atoms with E-state index in [1.807, 2.05) is 0 Å².